The van der Waals surface area contributed by atoms with Crippen molar-refractivity contribution in [2.75, 3.05) is 26.4 Å². The van der Waals surface area contributed by atoms with Crippen molar-refractivity contribution in [3.05, 3.63) is 0 Å². The molecule has 1 aliphatic heterocycles. The summed E-state index contributed by atoms with van der Waals surface area (Å²) in [6.07, 6.45) is 5.12. The Balaban J connectivity index is 2.34. The first-order valence-corrected chi connectivity index (χ1v) is 7.45. The van der Waals surface area contributed by atoms with Crippen LogP contribution in [0.25, 0.3) is 0 Å². The fourth-order valence-corrected chi connectivity index (χ4v) is 2.34. The van der Waals surface area contributed by atoms with Gasteiger partial charge in [-0.2, -0.15) is 0 Å². The minimum Gasteiger partial charge on any atom is -0.376 e. The van der Waals surface area contributed by atoms with Crippen LogP contribution in [0, 0.1) is 5.41 Å². The fourth-order valence-electron chi connectivity index (χ4n) is 2.34. The van der Waals surface area contributed by atoms with Crippen molar-refractivity contribution in [1.29, 1.82) is 0 Å². The number of hydrogen-bond acceptors (Lipinski definition) is 3. The molecule has 18 heavy (non-hydrogen) atoms. The zero-order valence-corrected chi connectivity index (χ0v) is 12.6. The molecule has 0 saturated carbocycles. The molecule has 1 heterocycles. The summed E-state index contributed by atoms with van der Waals surface area (Å²) in [6.45, 7) is 12.4. The van der Waals surface area contributed by atoms with E-state index in [2.05, 4.69) is 33.0 Å². The van der Waals surface area contributed by atoms with Gasteiger partial charge in [-0.3, -0.25) is 0 Å². The Labute approximate surface area is 113 Å². The van der Waals surface area contributed by atoms with Crippen molar-refractivity contribution in [2.24, 2.45) is 5.41 Å². The summed E-state index contributed by atoms with van der Waals surface area (Å²) in [5.41, 5.74) is 0.430. The van der Waals surface area contributed by atoms with Gasteiger partial charge in [0.05, 0.1) is 25.9 Å². The molecule has 1 rings (SSSR count). The molecule has 0 aliphatic carbocycles. The van der Waals surface area contributed by atoms with Crippen LogP contribution >= 0.6 is 0 Å². The van der Waals surface area contributed by atoms with E-state index in [9.17, 15) is 0 Å². The summed E-state index contributed by atoms with van der Waals surface area (Å²) in [7, 11) is 0. The highest BCUT2D eigenvalue weighted by Crippen LogP contribution is 2.23. The van der Waals surface area contributed by atoms with Crippen LogP contribution in [-0.4, -0.2) is 38.5 Å². The topological polar surface area (TPSA) is 30.5 Å². The Kier molecular flexibility index (Phi) is 7.20. The van der Waals surface area contributed by atoms with Crippen molar-refractivity contribution in [3.8, 4) is 0 Å². The van der Waals surface area contributed by atoms with E-state index in [0.717, 1.165) is 26.4 Å². The monoisotopic (exact) mass is 257 g/mol. The van der Waals surface area contributed by atoms with Gasteiger partial charge in [0.1, 0.15) is 0 Å². The van der Waals surface area contributed by atoms with Gasteiger partial charge in [-0.1, -0.05) is 34.1 Å². The van der Waals surface area contributed by atoms with E-state index >= 15 is 0 Å². The molecule has 3 nitrogen and oxygen atoms in total. The van der Waals surface area contributed by atoms with Crippen LogP contribution < -0.4 is 5.32 Å². The van der Waals surface area contributed by atoms with Gasteiger partial charge < -0.3 is 14.8 Å². The lowest BCUT2D eigenvalue weighted by molar-refractivity contribution is -0.102. The van der Waals surface area contributed by atoms with Crippen LogP contribution in [0.2, 0.25) is 0 Å². The summed E-state index contributed by atoms with van der Waals surface area (Å²) in [5, 5.41) is 3.62. The van der Waals surface area contributed by atoms with Crippen LogP contribution in [0.3, 0.4) is 0 Å². The van der Waals surface area contributed by atoms with Gasteiger partial charge in [-0.15, -0.1) is 0 Å². The highest BCUT2D eigenvalue weighted by atomic mass is 16.6. The Morgan fingerprint density at radius 3 is 2.61 bits per heavy atom. The zero-order valence-electron chi connectivity index (χ0n) is 12.6. The first kappa shape index (κ1) is 15.9. The lowest BCUT2D eigenvalue weighted by Gasteiger charge is -2.32. The van der Waals surface area contributed by atoms with Gasteiger partial charge >= 0.3 is 0 Å². The first-order chi connectivity index (χ1) is 8.53. The molecule has 0 aromatic rings. The largest absolute Gasteiger partial charge is 0.376 e. The molecule has 0 aromatic carbocycles. The molecule has 1 N–H and O–H groups in total. The molecule has 1 fully saturated rings. The average molecular weight is 257 g/mol. The smallest absolute Gasteiger partial charge is 0.0962 e. The number of rotatable bonds is 7. The van der Waals surface area contributed by atoms with Crippen LogP contribution in [0.4, 0.5) is 0 Å². The molecule has 0 radical (unpaired) electrons. The van der Waals surface area contributed by atoms with Gasteiger partial charge in [0.15, 0.2) is 0 Å². The van der Waals surface area contributed by atoms with Crippen molar-refractivity contribution < 1.29 is 9.47 Å². The van der Waals surface area contributed by atoms with Crippen LogP contribution in [0.15, 0.2) is 0 Å². The maximum atomic E-state index is 5.83. The summed E-state index contributed by atoms with van der Waals surface area (Å²) >= 11 is 0. The molecule has 1 aliphatic rings. The van der Waals surface area contributed by atoms with E-state index in [1.807, 2.05) is 0 Å². The van der Waals surface area contributed by atoms with Gasteiger partial charge in [-0.25, -0.2) is 0 Å². The van der Waals surface area contributed by atoms with Gasteiger partial charge in [0, 0.05) is 6.04 Å². The molecule has 108 valence electrons. The number of hydrogen-bond donors (Lipinski definition) is 1. The SMILES string of the molecule is CCCNC(CCCC(C)(C)C)C1COCCO1. The second-order valence-electron chi connectivity index (χ2n) is 6.50. The minimum absolute atomic E-state index is 0.241. The van der Waals surface area contributed by atoms with Crippen molar-refractivity contribution in [2.45, 2.75) is 65.5 Å². The second kappa shape index (κ2) is 8.13. The lowest BCUT2D eigenvalue weighted by atomic mass is 9.88. The summed E-state index contributed by atoms with van der Waals surface area (Å²) in [5.74, 6) is 0. The number of nitrogens with one attached hydrogen (secondary N) is 1. The van der Waals surface area contributed by atoms with Gasteiger partial charge in [0.2, 0.25) is 0 Å². The second-order valence-corrected chi connectivity index (χ2v) is 6.50. The van der Waals surface area contributed by atoms with E-state index in [0.29, 0.717) is 11.5 Å². The quantitative estimate of drug-likeness (QED) is 0.760. The Bertz CT molecular complexity index is 207. The molecule has 0 bridgehead atoms. The van der Waals surface area contributed by atoms with Crippen LogP contribution in [-0.2, 0) is 9.47 Å². The molecular formula is C15H31NO2. The Morgan fingerprint density at radius 2 is 2.06 bits per heavy atom. The van der Waals surface area contributed by atoms with E-state index < -0.39 is 0 Å². The van der Waals surface area contributed by atoms with Crippen LogP contribution in [0.5, 0.6) is 0 Å². The molecule has 2 atom stereocenters. The van der Waals surface area contributed by atoms with E-state index in [1.165, 1.54) is 25.7 Å². The third-order valence-electron chi connectivity index (χ3n) is 3.39. The molecule has 0 spiro atoms. The molecule has 0 aromatic heterocycles. The predicted molar refractivity (Wildman–Crippen MR) is 75.9 cm³/mol. The normalized spacial score (nSPS) is 23.0. The standard InChI is InChI=1S/C15H31NO2/c1-5-9-16-13(7-6-8-15(2,3)4)14-12-17-10-11-18-14/h13-14,16H,5-12H2,1-4H3. The summed E-state index contributed by atoms with van der Waals surface area (Å²) in [6, 6.07) is 0.451. The Morgan fingerprint density at radius 1 is 1.28 bits per heavy atom. The van der Waals surface area contributed by atoms with E-state index in [-0.39, 0.29) is 6.10 Å². The minimum atomic E-state index is 0.241. The molecule has 0 amide bonds. The Hall–Kier alpha value is -0.120. The predicted octanol–water partition coefficient (Wildman–Crippen LogP) is 2.99. The third-order valence-corrected chi connectivity index (χ3v) is 3.39. The van der Waals surface area contributed by atoms with Gasteiger partial charge in [-0.05, 0) is 31.2 Å². The average Bonchev–Trinajstić information content (AvgIpc) is 2.33. The number of ether oxygens (including phenoxy) is 2. The lowest BCUT2D eigenvalue weighted by Crippen LogP contribution is -2.47. The van der Waals surface area contributed by atoms with Crippen molar-refractivity contribution in [1.82, 2.24) is 5.32 Å². The maximum Gasteiger partial charge on any atom is 0.0962 e. The molecule has 3 heteroatoms. The van der Waals surface area contributed by atoms with Crippen molar-refractivity contribution in [3.63, 3.8) is 0 Å². The van der Waals surface area contributed by atoms with Gasteiger partial charge in [0.25, 0.3) is 0 Å². The van der Waals surface area contributed by atoms with E-state index in [4.69, 9.17) is 9.47 Å². The third kappa shape index (κ3) is 6.72. The highest BCUT2D eigenvalue weighted by molar-refractivity contribution is 4.79. The van der Waals surface area contributed by atoms with Crippen molar-refractivity contribution >= 4 is 0 Å². The van der Waals surface area contributed by atoms with E-state index in [1.54, 1.807) is 0 Å². The first-order valence-electron chi connectivity index (χ1n) is 7.45. The molecule has 1 saturated heterocycles. The zero-order chi connectivity index (χ0) is 13.4. The molecular weight excluding hydrogens is 226 g/mol. The summed E-state index contributed by atoms with van der Waals surface area (Å²) in [4.78, 5) is 0. The fraction of sp³-hybridized carbons (Fsp3) is 1.00. The summed E-state index contributed by atoms with van der Waals surface area (Å²) < 4.78 is 11.4. The maximum absolute atomic E-state index is 5.83. The molecule has 2 unspecified atom stereocenters. The highest BCUT2D eigenvalue weighted by Gasteiger charge is 2.24. The van der Waals surface area contributed by atoms with Crippen LogP contribution in [0.1, 0.15) is 53.4 Å².